The Morgan fingerprint density at radius 3 is 1.93 bits per heavy atom. The smallest absolute Gasteiger partial charge is 0.189 e. The third kappa shape index (κ3) is 5.85. The van der Waals surface area contributed by atoms with Gasteiger partial charge in [0.15, 0.2) is 11.1 Å². The van der Waals surface area contributed by atoms with E-state index in [0.29, 0.717) is 17.8 Å². The second-order valence-corrected chi connectivity index (χ2v) is 12.4. The van der Waals surface area contributed by atoms with Gasteiger partial charge in [0.1, 0.15) is 5.75 Å². The Balaban J connectivity index is 2.46. The fraction of sp³-hybridized carbons (Fsp3) is 0.760. The molecule has 1 saturated carbocycles. The Hall–Kier alpha value is -0.870. The van der Waals surface area contributed by atoms with E-state index < -0.39 is 11.1 Å². The van der Waals surface area contributed by atoms with Gasteiger partial charge in [-0.05, 0) is 53.6 Å². The summed E-state index contributed by atoms with van der Waals surface area (Å²) < 4.78 is 25.5. The Morgan fingerprint density at radius 2 is 1.52 bits per heavy atom. The van der Waals surface area contributed by atoms with E-state index in [0.717, 1.165) is 34.6 Å². The molecule has 1 aromatic rings. The number of benzene rings is 1. The third-order valence-corrected chi connectivity index (χ3v) is 7.29. The van der Waals surface area contributed by atoms with Crippen LogP contribution in [0.3, 0.4) is 0 Å². The van der Waals surface area contributed by atoms with E-state index in [2.05, 4.69) is 62.3 Å². The SMILES string of the molecule is COc1c(C(C)(C)C)cc([S@](=O)O[C@@H]2C[C@H](C)CC[C@H]2C(C)C)cc1C(C)(C)C. The Bertz CT molecular complexity index is 690. The zero-order valence-electron chi connectivity index (χ0n) is 20.2. The van der Waals surface area contributed by atoms with Crippen LogP contribution in [-0.4, -0.2) is 17.4 Å². The fourth-order valence-corrected chi connectivity index (χ4v) is 5.41. The molecule has 0 aliphatic heterocycles. The van der Waals surface area contributed by atoms with Crippen LogP contribution < -0.4 is 4.74 Å². The zero-order valence-corrected chi connectivity index (χ0v) is 21.0. The lowest BCUT2D eigenvalue weighted by Crippen LogP contribution is -2.34. The van der Waals surface area contributed by atoms with Crippen LogP contribution in [0.1, 0.15) is 92.7 Å². The molecule has 0 N–H and O–H groups in total. The average molecular weight is 423 g/mol. The molecule has 0 amide bonds. The molecule has 4 atom stereocenters. The lowest BCUT2D eigenvalue weighted by molar-refractivity contribution is 0.0566. The van der Waals surface area contributed by atoms with Crippen molar-refractivity contribution in [2.24, 2.45) is 17.8 Å². The molecule has 0 aromatic heterocycles. The molecular formula is C25H42O3S. The van der Waals surface area contributed by atoms with E-state index >= 15 is 0 Å². The van der Waals surface area contributed by atoms with Gasteiger partial charge in [-0.1, -0.05) is 68.7 Å². The van der Waals surface area contributed by atoms with Crippen molar-refractivity contribution in [2.75, 3.05) is 7.11 Å². The standard InChI is InChI=1S/C25H42O3S/c1-16(2)19-12-11-17(3)13-22(19)28-29(26)18-14-20(24(4,5)6)23(27-10)21(15-18)25(7,8)9/h14-17,19,22H,11-13H2,1-10H3/t17-,19+,22-,29-/m1/s1. The summed E-state index contributed by atoms with van der Waals surface area (Å²) in [6, 6.07) is 4.06. The van der Waals surface area contributed by atoms with Crippen LogP contribution >= 0.6 is 0 Å². The van der Waals surface area contributed by atoms with Gasteiger partial charge in [-0.15, -0.1) is 0 Å². The van der Waals surface area contributed by atoms with Crippen LogP contribution in [0, 0.1) is 17.8 Å². The molecule has 1 fully saturated rings. The molecule has 29 heavy (non-hydrogen) atoms. The quantitative estimate of drug-likeness (QED) is 0.524. The van der Waals surface area contributed by atoms with Gasteiger partial charge in [-0.2, -0.15) is 0 Å². The van der Waals surface area contributed by atoms with Gasteiger partial charge < -0.3 is 4.74 Å². The zero-order chi connectivity index (χ0) is 22.1. The molecule has 1 aliphatic rings. The Kier molecular flexibility index (Phi) is 7.65. The first-order valence-corrected chi connectivity index (χ1v) is 12.1. The highest BCUT2D eigenvalue weighted by Gasteiger charge is 2.34. The van der Waals surface area contributed by atoms with E-state index in [1.54, 1.807) is 7.11 Å². The number of methoxy groups -OCH3 is 1. The van der Waals surface area contributed by atoms with Crippen molar-refractivity contribution in [2.45, 2.75) is 103 Å². The predicted octanol–water partition coefficient (Wildman–Crippen LogP) is 6.79. The molecule has 1 aliphatic carbocycles. The van der Waals surface area contributed by atoms with E-state index in [-0.39, 0.29) is 16.9 Å². The summed E-state index contributed by atoms with van der Waals surface area (Å²) in [5, 5.41) is 0. The molecule has 0 spiro atoms. The second-order valence-electron chi connectivity index (χ2n) is 11.2. The minimum absolute atomic E-state index is 0.0536. The Labute approximate surface area is 181 Å². The van der Waals surface area contributed by atoms with Gasteiger partial charge in [0.25, 0.3) is 0 Å². The summed E-state index contributed by atoms with van der Waals surface area (Å²) in [5.74, 6) is 2.53. The maximum atomic E-state index is 13.4. The van der Waals surface area contributed by atoms with Gasteiger partial charge in [-0.25, -0.2) is 4.21 Å². The first-order valence-electron chi connectivity index (χ1n) is 11.1. The minimum atomic E-state index is -1.49. The minimum Gasteiger partial charge on any atom is -0.496 e. The first kappa shape index (κ1) is 24.4. The van der Waals surface area contributed by atoms with Crippen molar-refractivity contribution in [1.82, 2.24) is 0 Å². The van der Waals surface area contributed by atoms with E-state index in [1.165, 1.54) is 6.42 Å². The van der Waals surface area contributed by atoms with Crippen LogP contribution in [0.25, 0.3) is 0 Å². The molecule has 0 bridgehead atoms. The van der Waals surface area contributed by atoms with Crippen LogP contribution in [0.15, 0.2) is 17.0 Å². The van der Waals surface area contributed by atoms with Gasteiger partial charge >= 0.3 is 0 Å². The second kappa shape index (κ2) is 9.09. The van der Waals surface area contributed by atoms with Crippen molar-refractivity contribution in [3.8, 4) is 5.75 Å². The highest BCUT2D eigenvalue weighted by atomic mass is 32.2. The van der Waals surface area contributed by atoms with Crippen LogP contribution in [0.2, 0.25) is 0 Å². The summed E-state index contributed by atoms with van der Waals surface area (Å²) in [5.41, 5.74) is 1.92. The number of hydrogen-bond acceptors (Lipinski definition) is 3. The van der Waals surface area contributed by atoms with Crippen LogP contribution in [0.5, 0.6) is 5.75 Å². The van der Waals surface area contributed by atoms with Crippen molar-refractivity contribution >= 4 is 11.1 Å². The number of ether oxygens (including phenoxy) is 1. The summed E-state index contributed by atoms with van der Waals surface area (Å²) >= 11 is -1.49. The molecule has 166 valence electrons. The monoisotopic (exact) mass is 422 g/mol. The fourth-order valence-electron chi connectivity index (χ4n) is 4.43. The maximum absolute atomic E-state index is 13.4. The highest BCUT2D eigenvalue weighted by molar-refractivity contribution is 7.80. The maximum Gasteiger partial charge on any atom is 0.189 e. The van der Waals surface area contributed by atoms with Crippen LogP contribution in [0.4, 0.5) is 0 Å². The van der Waals surface area contributed by atoms with Gasteiger partial charge in [0.2, 0.25) is 0 Å². The van der Waals surface area contributed by atoms with Crippen molar-refractivity contribution < 1.29 is 13.1 Å². The average Bonchev–Trinajstić information content (AvgIpc) is 2.58. The molecule has 3 nitrogen and oxygen atoms in total. The topological polar surface area (TPSA) is 35.5 Å². The molecular weight excluding hydrogens is 380 g/mol. The largest absolute Gasteiger partial charge is 0.496 e. The molecule has 0 unspecified atom stereocenters. The van der Waals surface area contributed by atoms with E-state index in [9.17, 15) is 4.21 Å². The normalized spacial score (nSPS) is 24.6. The summed E-state index contributed by atoms with van der Waals surface area (Å²) in [6.07, 6.45) is 3.44. The van der Waals surface area contributed by atoms with Crippen molar-refractivity contribution in [1.29, 1.82) is 0 Å². The summed E-state index contributed by atoms with van der Waals surface area (Å²) in [6.45, 7) is 19.8. The molecule has 2 rings (SSSR count). The lowest BCUT2D eigenvalue weighted by atomic mass is 9.75. The molecule has 0 heterocycles. The summed E-state index contributed by atoms with van der Waals surface area (Å²) in [4.78, 5) is 0.751. The lowest BCUT2D eigenvalue weighted by Gasteiger charge is -2.36. The van der Waals surface area contributed by atoms with Crippen LogP contribution in [-0.2, 0) is 26.1 Å². The molecule has 0 radical (unpaired) electrons. The molecule has 1 aromatic carbocycles. The van der Waals surface area contributed by atoms with Gasteiger partial charge in [0, 0.05) is 11.1 Å². The molecule has 0 saturated heterocycles. The molecule has 4 heteroatoms. The van der Waals surface area contributed by atoms with Gasteiger partial charge in [-0.3, -0.25) is 4.18 Å². The number of rotatable bonds is 5. The summed E-state index contributed by atoms with van der Waals surface area (Å²) in [7, 11) is 1.73. The predicted molar refractivity (Wildman–Crippen MR) is 123 cm³/mol. The van der Waals surface area contributed by atoms with Gasteiger partial charge in [0.05, 0.1) is 18.1 Å². The highest BCUT2D eigenvalue weighted by Crippen LogP contribution is 2.42. The van der Waals surface area contributed by atoms with Crippen molar-refractivity contribution in [3.63, 3.8) is 0 Å². The third-order valence-electron chi connectivity index (χ3n) is 6.25. The van der Waals surface area contributed by atoms with E-state index in [4.69, 9.17) is 8.92 Å². The number of hydrogen-bond donors (Lipinski definition) is 0. The van der Waals surface area contributed by atoms with E-state index in [1.807, 2.05) is 12.1 Å². The Morgan fingerprint density at radius 1 is 1.00 bits per heavy atom. The van der Waals surface area contributed by atoms with Crippen molar-refractivity contribution in [3.05, 3.63) is 23.3 Å². The first-order chi connectivity index (χ1) is 13.3.